The topological polar surface area (TPSA) is 36.1 Å². The van der Waals surface area contributed by atoms with Crippen molar-refractivity contribution < 1.29 is 4.79 Å². The Hall–Kier alpha value is -2.55. The summed E-state index contributed by atoms with van der Waals surface area (Å²) in [4.78, 5) is 18.6. The van der Waals surface area contributed by atoms with E-state index < -0.39 is 0 Å². The van der Waals surface area contributed by atoms with E-state index in [4.69, 9.17) is 0 Å². The molecule has 1 amide bonds. The first kappa shape index (κ1) is 15.9. The summed E-state index contributed by atoms with van der Waals surface area (Å²) in [7, 11) is 0. The number of carbonyl (C=O) groups is 1. The minimum atomic E-state index is 0.197. The highest BCUT2D eigenvalue weighted by molar-refractivity contribution is 5.98. The van der Waals surface area contributed by atoms with Crippen molar-refractivity contribution in [1.82, 2.24) is 4.98 Å². The third kappa shape index (κ3) is 3.32. The van der Waals surface area contributed by atoms with E-state index in [1.807, 2.05) is 36.5 Å². The second kappa shape index (κ2) is 7.14. The number of anilines is 1. The fourth-order valence-electron chi connectivity index (χ4n) is 4.01. The molecule has 4 rings (SSSR count). The van der Waals surface area contributed by atoms with Crippen molar-refractivity contribution in [1.29, 1.82) is 0 Å². The zero-order chi connectivity index (χ0) is 17.1. The second-order valence-electron chi connectivity index (χ2n) is 6.93. The Morgan fingerprint density at radius 2 is 1.68 bits per heavy atom. The fraction of sp³-hybridized carbons (Fsp3) is 0.318. The molecule has 3 heteroatoms. The Morgan fingerprint density at radius 3 is 2.48 bits per heavy atom. The smallest absolute Gasteiger partial charge is 0.231 e. The van der Waals surface area contributed by atoms with Gasteiger partial charge in [-0.25, -0.2) is 0 Å². The molecule has 25 heavy (non-hydrogen) atoms. The van der Waals surface area contributed by atoms with Crippen LogP contribution in [0.3, 0.4) is 0 Å². The summed E-state index contributed by atoms with van der Waals surface area (Å²) in [5.41, 5.74) is 3.20. The van der Waals surface area contributed by atoms with Crippen molar-refractivity contribution in [3.63, 3.8) is 0 Å². The van der Waals surface area contributed by atoms with Crippen LogP contribution >= 0.6 is 0 Å². The summed E-state index contributed by atoms with van der Waals surface area (Å²) in [6, 6.07) is 18.7. The molecule has 1 heterocycles. The first-order chi connectivity index (χ1) is 12.3. The molecule has 0 radical (unpaired) electrons. The van der Waals surface area contributed by atoms with Crippen LogP contribution in [0, 0.1) is 0 Å². The van der Waals surface area contributed by atoms with E-state index in [2.05, 4.69) is 34.1 Å². The van der Waals surface area contributed by atoms with E-state index in [0.29, 0.717) is 12.5 Å². The number of hydrogen-bond donors (Lipinski definition) is 1. The molecule has 1 aliphatic rings. The van der Waals surface area contributed by atoms with Gasteiger partial charge in [0.2, 0.25) is 5.91 Å². The number of hydrogen-bond acceptors (Lipinski definition) is 1. The summed E-state index contributed by atoms with van der Waals surface area (Å²) in [5.74, 6) is 0.197. The van der Waals surface area contributed by atoms with E-state index in [1.54, 1.807) is 0 Å². The lowest BCUT2D eigenvalue weighted by Crippen LogP contribution is -2.42. The average Bonchev–Trinajstić information content (AvgIpc) is 3.07. The van der Waals surface area contributed by atoms with Gasteiger partial charge in [0.25, 0.3) is 0 Å². The van der Waals surface area contributed by atoms with E-state index in [9.17, 15) is 4.79 Å². The Balaban J connectivity index is 1.63. The van der Waals surface area contributed by atoms with Gasteiger partial charge in [0.15, 0.2) is 0 Å². The lowest BCUT2D eigenvalue weighted by Gasteiger charge is -2.34. The lowest BCUT2D eigenvalue weighted by molar-refractivity contribution is -0.118. The third-order valence-electron chi connectivity index (χ3n) is 5.26. The number of nitrogens with one attached hydrogen (secondary N) is 1. The number of amides is 1. The molecular weight excluding hydrogens is 308 g/mol. The SMILES string of the molecule is O=C(Cc1c[nH]c2ccccc12)N(c1ccccc1)C1CCCCC1. The summed E-state index contributed by atoms with van der Waals surface area (Å²) in [6.45, 7) is 0. The number of nitrogens with zero attached hydrogens (tertiary/aromatic N) is 1. The molecule has 128 valence electrons. The van der Waals surface area contributed by atoms with E-state index in [0.717, 1.165) is 35.0 Å². The average molecular weight is 332 g/mol. The monoisotopic (exact) mass is 332 g/mol. The van der Waals surface area contributed by atoms with Gasteiger partial charge >= 0.3 is 0 Å². The zero-order valence-electron chi connectivity index (χ0n) is 14.4. The largest absolute Gasteiger partial charge is 0.361 e. The zero-order valence-corrected chi connectivity index (χ0v) is 14.4. The van der Waals surface area contributed by atoms with E-state index >= 15 is 0 Å². The molecule has 0 atom stereocenters. The van der Waals surface area contributed by atoms with Crippen molar-refractivity contribution >= 4 is 22.5 Å². The van der Waals surface area contributed by atoms with Gasteiger partial charge in [0.05, 0.1) is 6.42 Å². The molecule has 0 aliphatic heterocycles. The van der Waals surface area contributed by atoms with Crippen LogP contribution in [0.1, 0.15) is 37.7 Å². The summed E-state index contributed by atoms with van der Waals surface area (Å²) in [6.07, 6.45) is 8.35. The van der Waals surface area contributed by atoms with Crippen LogP contribution in [-0.4, -0.2) is 16.9 Å². The minimum Gasteiger partial charge on any atom is -0.361 e. The van der Waals surface area contributed by atoms with Gasteiger partial charge in [-0.1, -0.05) is 55.7 Å². The number of rotatable bonds is 4. The molecule has 1 aromatic heterocycles. The van der Waals surface area contributed by atoms with Crippen molar-refractivity contribution in [2.75, 3.05) is 4.90 Å². The highest BCUT2D eigenvalue weighted by Gasteiger charge is 2.27. The predicted molar refractivity (Wildman–Crippen MR) is 103 cm³/mol. The highest BCUT2D eigenvalue weighted by atomic mass is 16.2. The van der Waals surface area contributed by atoms with Gasteiger partial charge < -0.3 is 9.88 Å². The van der Waals surface area contributed by atoms with Crippen LogP contribution in [0.2, 0.25) is 0 Å². The molecule has 2 aromatic carbocycles. The molecular formula is C22H24N2O. The summed E-state index contributed by atoms with van der Waals surface area (Å²) < 4.78 is 0. The second-order valence-corrected chi connectivity index (χ2v) is 6.93. The molecule has 1 aliphatic carbocycles. The Labute approximate surface area is 148 Å². The summed E-state index contributed by atoms with van der Waals surface area (Å²) >= 11 is 0. The lowest BCUT2D eigenvalue weighted by atomic mass is 9.93. The molecule has 0 spiro atoms. The first-order valence-corrected chi connectivity index (χ1v) is 9.25. The maximum atomic E-state index is 13.3. The Morgan fingerprint density at radius 1 is 0.960 bits per heavy atom. The molecule has 1 fully saturated rings. The number of aromatic nitrogens is 1. The third-order valence-corrected chi connectivity index (χ3v) is 5.26. The standard InChI is InChI=1S/C22H24N2O/c25-22(15-17-16-23-21-14-8-7-13-20(17)21)24(18-9-3-1-4-10-18)19-11-5-2-6-12-19/h1,3-4,7-10,13-14,16,19,23H,2,5-6,11-12,15H2. The number of aromatic amines is 1. The molecule has 0 unspecified atom stereocenters. The molecule has 0 saturated heterocycles. The van der Waals surface area contributed by atoms with Gasteiger partial charge in [-0.3, -0.25) is 4.79 Å². The van der Waals surface area contributed by atoms with Gasteiger partial charge in [0.1, 0.15) is 0 Å². The molecule has 3 nitrogen and oxygen atoms in total. The Bertz CT molecular complexity index is 847. The maximum absolute atomic E-state index is 13.3. The van der Waals surface area contributed by atoms with E-state index in [1.165, 1.54) is 19.3 Å². The van der Waals surface area contributed by atoms with Gasteiger partial charge in [0, 0.05) is 28.8 Å². The van der Waals surface area contributed by atoms with Gasteiger partial charge in [-0.2, -0.15) is 0 Å². The molecule has 0 bridgehead atoms. The number of H-pyrrole nitrogens is 1. The fourth-order valence-corrected chi connectivity index (χ4v) is 4.01. The normalized spacial score (nSPS) is 15.4. The summed E-state index contributed by atoms with van der Waals surface area (Å²) in [5, 5.41) is 1.15. The molecule has 3 aromatic rings. The van der Waals surface area contributed by atoms with Crippen molar-refractivity contribution in [3.05, 3.63) is 66.4 Å². The van der Waals surface area contributed by atoms with Crippen LogP contribution in [0.15, 0.2) is 60.8 Å². The van der Waals surface area contributed by atoms with Crippen LogP contribution in [0.4, 0.5) is 5.69 Å². The number of fused-ring (bicyclic) bond motifs is 1. The number of carbonyl (C=O) groups excluding carboxylic acids is 1. The highest BCUT2D eigenvalue weighted by Crippen LogP contribution is 2.29. The Kier molecular flexibility index (Phi) is 4.55. The number of benzene rings is 2. The minimum absolute atomic E-state index is 0.197. The van der Waals surface area contributed by atoms with Crippen LogP contribution in [0.5, 0.6) is 0 Å². The van der Waals surface area contributed by atoms with Crippen LogP contribution in [0.25, 0.3) is 10.9 Å². The van der Waals surface area contributed by atoms with Crippen LogP contribution in [-0.2, 0) is 11.2 Å². The predicted octanol–water partition coefficient (Wildman–Crippen LogP) is 5.08. The molecule has 1 N–H and O–H groups in total. The van der Waals surface area contributed by atoms with Crippen molar-refractivity contribution in [3.8, 4) is 0 Å². The maximum Gasteiger partial charge on any atom is 0.231 e. The quantitative estimate of drug-likeness (QED) is 0.711. The van der Waals surface area contributed by atoms with E-state index in [-0.39, 0.29) is 5.91 Å². The van der Waals surface area contributed by atoms with Crippen LogP contribution < -0.4 is 4.90 Å². The molecule has 1 saturated carbocycles. The van der Waals surface area contributed by atoms with Gasteiger partial charge in [-0.05, 0) is 36.6 Å². The van der Waals surface area contributed by atoms with Crippen molar-refractivity contribution in [2.24, 2.45) is 0 Å². The first-order valence-electron chi connectivity index (χ1n) is 9.25. The van der Waals surface area contributed by atoms with Gasteiger partial charge in [-0.15, -0.1) is 0 Å². The van der Waals surface area contributed by atoms with Crippen molar-refractivity contribution in [2.45, 2.75) is 44.6 Å². The number of para-hydroxylation sites is 2.